The average Bonchev–Trinajstić information content (AvgIpc) is 3.38. The van der Waals surface area contributed by atoms with Crippen molar-refractivity contribution >= 4 is 34.5 Å². The van der Waals surface area contributed by atoms with E-state index in [-0.39, 0.29) is 0 Å². The maximum atomic E-state index is 6.20. The van der Waals surface area contributed by atoms with Gasteiger partial charge in [0, 0.05) is 25.2 Å². The van der Waals surface area contributed by atoms with Gasteiger partial charge in [-0.05, 0) is 34.5 Å². The fourth-order valence-electron chi connectivity index (χ4n) is 3.15. The molecular formula is C20H20Cl2N2O3S. The number of nitrogens with zero attached hydrogens (tertiary/aromatic N) is 2. The van der Waals surface area contributed by atoms with E-state index in [1.807, 2.05) is 11.4 Å². The number of morpholine rings is 1. The monoisotopic (exact) mass is 438 g/mol. The van der Waals surface area contributed by atoms with E-state index in [1.54, 1.807) is 23.5 Å². The molecule has 0 spiro atoms. The van der Waals surface area contributed by atoms with Gasteiger partial charge in [0.05, 0.1) is 35.4 Å². The van der Waals surface area contributed by atoms with Crippen LogP contribution in [0.5, 0.6) is 0 Å². The van der Waals surface area contributed by atoms with E-state index < -0.39 is 0 Å². The quantitative estimate of drug-likeness (QED) is 0.472. The summed E-state index contributed by atoms with van der Waals surface area (Å²) in [5, 5.41) is 9.41. The van der Waals surface area contributed by atoms with Crippen molar-refractivity contribution in [3.05, 3.63) is 50.8 Å². The zero-order valence-electron chi connectivity index (χ0n) is 15.2. The number of aromatic nitrogens is 1. The molecule has 4 rings (SSSR count). The van der Waals surface area contributed by atoms with Crippen LogP contribution in [0.1, 0.15) is 5.76 Å². The van der Waals surface area contributed by atoms with Crippen LogP contribution in [0.25, 0.3) is 22.4 Å². The van der Waals surface area contributed by atoms with Crippen LogP contribution in [0.15, 0.2) is 39.5 Å². The summed E-state index contributed by atoms with van der Waals surface area (Å²) in [6, 6.07) is 7.52. The van der Waals surface area contributed by atoms with E-state index in [4.69, 9.17) is 37.2 Å². The highest BCUT2D eigenvalue weighted by atomic mass is 35.5. The van der Waals surface area contributed by atoms with Crippen molar-refractivity contribution in [1.29, 1.82) is 0 Å². The van der Waals surface area contributed by atoms with Crippen molar-refractivity contribution in [3.63, 3.8) is 0 Å². The van der Waals surface area contributed by atoms with E-state index in [0.29, 0.717) is 29.0 Å². The van der Waals surface area contributed by atoms with Gasteiger partial charge in [-0.3, -0.25) is 4.90 Å². The smallest absolute Gasteiger partial charge is 0.170 e. The molecule has 0 N–H and O–H groups in total. The Kier molecular flexibility index (Phi) is 6.67. The summed E-state index contributed by atoms with van der Waals surface area (Å²) in [7, 11) is 0. The van der Waals surface area contributed by atoms with Crippen molar-refractivity contribution in [3.8, 4) is 22.4 Å². The van der Waals surface area contributed by atoms with Crippen molar-refractivity contribution in [2.45, 2.75) is 6.61 Å². The Balaban J connectivity index is 1.51. The summed E-state index contributed by atoms with van der Waals surface area (Å²) in [5.74, 6) is 0.710. The van der Waals surface area contributed by atoms with Gasteiger partial charge in [-0.25, -0.2) is 0 Å². The van der Waals surface area contributed by atoms with E-state index in [0.717, 1.165) is 55.2 Å². The predicted molar refractivity (Wildman–Crippen MR) is 112 cm³/mol. The van der Waals surface area contributed by atoms with Crippen LogP contribution < -0.4 is 0 Å². The summed E-state index contributed by atoms with van der Waals surface area (Å²) >= 11 is 13.9. The molecule has 8 heteroatoms. The molecule has 5 nitrogen and oxygen atoms in total. The van der Waals surface area contributed by atoms with Crippen molar-refractivity contribution < 1.29 is 14.0 Å². The molecule has 0 radical (unpaired) electrons. The maximum Gasteiger partial charge on any atom is 0.170 e. The lowest BCUT2D eigenvalue weighted by Gasteiger charge is -2.26. The molecule has 0 bridgehead atoms. The van der Waals surface area contributed by atoms with Gasteiger partial charge in [-0.15, -0.1) is 0 Å². The molecule has 0 amide bonds. The van der Waals surface area contributed by atoms with Crippen LogP contribution in [0.2, 0.25) is 10.0 Å². The molecule has 28 heavy (non-hydrogen) atoms. The van der Waals surface area contributed by atoms with E-state index in [2.05, 4.69) is 21.5 Å². The minimum absolute atomic E-state index is 0.365. The number of thiophene rings is 1. The molecule has 0 saturated carbocycles. The third-order valence-corrected chi connectivity index (χ3v) is 6.08. The molecule has 1 fully saturated rings. The van der Waals surface area contributed by atoms with Crippen LogP contribution >= 0.6 is 34.5 Å². The van der Waals surface area contributed by atoms with Gasteiger partial charge in [0.15, 0.2) is 5.76 Å². The lowest BCUT2D eigenvalue weighted by molar-refractivity contribution is 0.0155. The molecule has 0 atom stereocenters. The molecule has 1 aliphatic rings. The number of hydrogen-bond acceptors (Lipinski definition) is 6. The number of rotatable bonds is 7. The van der Waals surface area contributed by atoms with Gasteiger partial charge in [0.25, 0.3) is 0 Å². The third kappa shape index (κ3) is 4.59. The zero-order valence-corrected chi connectivity index (χ0v) is 17.5. The molecule has 1 aromatic carbocycles. The summed E-state index contributed by atoms with van der Waals surface area (Å²) < 4.78 is 16.9. The Morgan fingerprint density at radius 3 is 2.71 bits per heavy atom. The SMILES string of the molecule is Clc1ccc(-c2noc(COCCN3CCOCC3)c2-c2ccsc2)cc1Cl. The Bertz CT molecular complexity index is 908. The number of benzene rings is 1. The highest BCUT2D eigenvalue weighted by Crippen LogP contribution is 2.38. The molecular weight excluding hydrogens is 419 g/mol. The molecule has 0 aliphatic carbocycles. The predicted octanol–water partition coefficient (Wildman–Crippen LogP) is 5.23. The van der Waals surface area contributed by atoms with Crippen molar-refractivity contribution in [1.82, 2.24) is 10.1 Å². The molecule has 3 heterocycles. The van der Waals surface area contributed by atoms with E-state index in [1.165, 1.54) is 0 Å². The largest absolute Gasteiger partial charge is 0.379 e. The van der Waals surface area contributed by atoms with E-state index >= 15 is 0 Å². The van der Waals surface area contributed by atoms with Gasteiger partial charge < -0.3 is 14.0 Å². The first-order valence-electron chi connectivity index (χ1n) is 9.07. The maximum absolute atomic E-state index is 6.20. The molecule has 3 aromatic rings. The van der Waals surface area contributed by atoms with Crippen LogP contribution in [-0.4, -0.2) is 49.5 Å². The fourth-order valence-corrected chi connectivity index (χ4v) is 4.10. The van der Waals surface area contributed by atoms with Gasteiger partial charge >= 0.3 is 0 Å². The van der Waals surface area contributed by atoms with Gasteiger partial charge in [0.2, 0.25) is 0 Å². The summed E-state index contributed by atoms with van der Waals surface area (Å²) in [6.07, 6.45) is 0. The Morgan fingerprint density at radius 2 is 1.96 bits per heavy atom. The van der Waals surface area contributed by atoms with Gasteiger partial charge in [0.1, 0.15) is 12.3 Å². The first-order valence-corrected chi connectivity index (χ1v) is 10.8. The van der Waals surface area contributed by atoms with Crippen molar-refractivity contribution in [2.24, 2.45) is 0 Å². The topological polar surface area (TPSA) is 47.7 Å². The highest BCUT2D eigenvalue weighted by Gasteiger charge is 2.20. The molecule has 148 valence electrons. The lowest BCUT2D eigenvalue weighted by Crippen LogP contribution is -2.38. The second-order valence-electron chi connectivity index (χ2n) is 6.48. The zero-order chi connectivity index (χ0) is 19.3. The standard InChI is InChI=1S/C20H20Cl2N2O3S/c21-16-2-1-14(11-17(16)22)20-19(15-3-10-28-13-15)18(27-23-20)12-26-9-6-24-4-7-25-8-5-24/h1-3,10-11,13H,4-9,12H2. The minimum atomic E-state index is 0.365. The molecule has 2 aromatic heterocycles. The second kappa shape index (κ2) is 9.39. The molecule has 1 aliphatic heterocycles. The van der Waals surface area contributed by atoms with E-state index in [9.17, 15) is 0 Å². The lowest BCUT2D eigenvalue weighted by atomic mass is 10.0. The fraction of sp³-hybridized carbons (Fsp3) is 0.350. The number of halogens is 2. The third-order valence-electron chi connectivity index (χ3n) is 4.65. The van der Waals surface area contributed by atoms with Crippen LogP contribution in [0.4, 0.5) is 0 Å². The van der Waals surface area contributed by atoms with Gasteiger partial charge in [-0.2, -0.15) is 11.3 Å². The number of hydrogen-bond donors (Lipinski definition) is 0. The Morgan fingerprint density at radius 1 is 1.11 bits per heavy atom. The molecule has 1 saturated heterocycles. The van der Waals surface area contributed by atoms with Gasteiger partial charge in [-0.1, -0.05) is 34.4 Å². The summed E-state index contributed by atoms with van der Waals surface area (Å²) in [5.41, 5.74) is 3.59. The van der Waals surface area contributed by atoms with Crippen molar-refractivity contribution in [2.75, 3.05) is 39.5 Å². The van der Waals surface area contributed by atoms with Crippen LogP contribution in [0.3, 0.4) is 0 Å². The Labute approximate surface area is 177 Å². The number of ether oxygens (including phenoxy) is 2. The summed E-state index contributed by atoms with van der Waals surface area (Å²) in [4.78, 5) is 2.34. The normalized spacial score (nSPS) is 15.2. The second-order valence-corrected chi connectivity index (χ2v) is 8.07. The first kappa shape index (κ1) is 19.9. The highest BCUT2D eigenvalue weighted by molar-refractivity contribution is 7.08. The summed E-state index contributed by atoms with van der Waals surface area (Å²) in [6.45, 7) is 5.36. The molecule has 0 unspecified atom stereocenters. The Hall–Kier alpha value is -1.41. The first-order chi connectivity index (χ1) is 13.7. The van der Waals surface area contributed by atoms with Crippen LogP contribution in [0, 0.1) is 0 Å². The minimum Gasteiger partial charge on any atom is -0.379 e. The van der Waals surface area contributed by atoms with Crippen LogP contribution in [-0.2, 0) is 16.1 Å². The average molecular weight is 439 g/mol.